The smallest absolute Gasteiger partial charge is 0.395 e. The first kappa shape index (κ1) is 16.4. The molecule has 5 nitrogen and oxygen atoms in total. The van der Waals surface area contributed by atoms with Gasteiger partial charge in [-0.05, 0) is 13.8 Å². The van der Waals surface area contributed by atoms with Crippen molar-refractivity contribution < 1.29 is 37.0 Å². The first-order valence-corrected chi connectivity index (χ1v) is 5.15. The van der Waals surface area contributed by atoms with Gasteiger partial charge in [0.2, 0.25) is 5.92 Å². The Morgan fingerprint density at radius 3 is 1.67 bits per heavy atom. The predicted molar refractivity (Wildman–Crippen MR) is 52.4 cm³/mol. The number of alkyl halides is 3. The van der Waals surface area contributed by atoms with Gasteiger partial charge in [0.1, 0.15) is 6.42 Å². The van der Waals surface area contributed by atoms with E-state index in [1.165, 1.54) is 13.8 Å². The second kappa shape index (κ2) is 6.97. The third-order valence-corrected chi connectivity index (χ3v) is 1.74. The van der Waals surface area contributed by atoms with Crippen molar-refractivity contribution in [2.24, 2.45) is 5.92 Å². The molecular formula is C10H13F3O5. The van der Waals surface area contributed by atoms with Crippen molar-refractivity contribution in [2.45, 2.75) is 26.4 Å². The molecule has 0 aromatic carbocycles. The number of Topliss-reactive ketones (excluding diaryl/α,β-unsaturated/α-hetero) is 1. The van der Waals surface area contributed by atoms with Crippen LogP contribution in [-0.2, 0) is 23.9 Å². The molecule has 0 bridgehead atoms. The summed E-state index contributed by atoms with van der Waals surface area (Å²) in [6, 6.07) is 0. The first-order chi connectivity index (χ1) is 8.22. The average molecular weight is 270 g/mol. The molecule has 0 atom stereocenters. The zero-order chi connectivity index (χ0) is 14.3. The molecule has 104 valence electrons. The highest BCUT2D eigenvalue weighted by Crippen LogP contribution is 2.23. The van der Waals surface area contributed by atoms with Crippen molar-refractivity contribution in [3.63, 3.8) is 0 Å². The third kappa shape index (κ3) is 5.65. The Balaban J connectivity index is 4.91. The van der Waals surface area contributed by atoms with Crippen molar-refractivity contribution in [3.8, 4) is 0 Å². The number of hydrogen-bond donors (Lipinski definition) is 0. The highest BCUT2D eigenvalue weighted by Gasteiger charge is 2.42. The van der Waals surface area contributed by atoms with Crippen molar-refractivity contribution >= 4 is 17.7 Å². The lowest BCUT2D eigenvalue weighted by Gasteiger charge is -2.14. The predicted octanol–water partition coefficient (Wildman–Crippen LogP) is 1.25. The van der Waals surface area contributed by atoms with Gasteiger partial charge in [0.25, 0.3) is 0 Å². The summed E-state index contributed by atoms with van der Waals surface area (Å²) in [5.41, 5.74) is 0. The van der Waals surface area contributed by atoms with E-state index in [2.05, 4.69) is 9.47 Å². The van der Waals surface area contributed by atoms with Gasteiger partial charge in [-0.1, -0.05) is 0 Å². The molecule has 0 saturated heterocycles. The molecule has 0 aliphatic heterocycles. The number of carbonyl (C=O) groups excluding carboxylic acids is 3. The van der Waals surface area contributed by atoms with Gasteiger partial charge in [-0.25, -0.2) is 0 Å². The molecule has 0 unspecified atom stereocenters. The minimum atomic E-state index is -4.80. The van der Waals surface area contributed by atoms with Gasteiger partial charge in [-0.15, -0.1) is 0 Å². The highest BCUT2D eigenvalue weighted by atomic mass is 19.4. The molecule has 0 aromatic heterocycles. The molecule has 0 aliphatic carbocycles. The van der Waals surface area contributed by atoms with Crippen LogP contribution >= 0.6 is 0 Å². The van der Waals surface area contributed by atoms with Crippen LogP contribution in [0.2, 0.25) is 0 Å². The van der Waals surface area contributed by atoms with Crippen LogP contribution < -0.4 is 0 Å². The van der Waals surface area contributed by atoms with E-state index in [4.69, 9.17) is 0 Å². The van der Waals surface area contributed by atoms with E-state index in [-0.39, 0.29) is 13.2 Å². The monoisotopic (exact) mass is 270 g/mol. The summed E-state index contributed by atoms with van der Waals surface area (Å²) in [4.78, 5) is 33.8. The average Bonchev–Trinajstić information content (AvgIpc) is 2.15. The fourth-order valence-electron chi connectivity index (χ4n) is 1.11. The molecular weight excluding hydrogens is 257 g/mol. The number of halogens is 3. The molecule has 0 saturated carbocycles. The second-order valence-corrected chi connectivity index (χ2v) is 3.20. The van der Waals surface area contributed by atoms with Gasteiger partial charge < -0.3 is 9.47 Å². The van der Waals surface area contributed by atoms with Crippen molar-refractivity contribution in [1.29, 1.82) is 0 Å². The van der Waals surface area contributed by atoms with E-state index in [1.807, 2.05) is 0 Å². The van der Waals surface area contributed by atoms with Gasteiger partial charge >= 0.3 is 18.1 Å². The summed E-state index contributed by atoms with van der Waals surface area (Å²) in [6.45, 7) is 2.48. The standard InChI is InChI=1S/C10H13F3O5/c1-3-17-8(15)7(9(16)18-4-2)6(14)5-10(11,12)13/h7H,3-5H2,1-2H3. The molecule has 0 amide bonds. The van der Waals surface area contributed by atoms with Gasteiger partial charge in [0.05, 0.1) is 13.2 Å². The summed E-state index contributed by atoms with van der Waals surface area (Å²) >= 11 is 0. The summed E-state index contributed by atoms with van der Waals surface area (Å²) in [7, 11) is 0. The maximum atomic E-state index is 12.0. The normalized spacial score (nSPS) is 11.2. The van der Waals surface area contributed by atoms with Crippen LogP contribution in [0.5, 0.6) is 0 Å². The number of rotatable bonds is 6. The molecule has 0 aliphatic rings. The van der Waals surface area contributed by atoms with Gasteiger partial charge in [-0.2, -0.15) is 13.2 Å². The molecule has 18 heavy (non-hydrogen) atoms. The molecule has 0 fully saturated rings. The quantitative estimate of drug-likeness (QED) is 0.536. The van der Waals surface area contributed by atoms with Crippen molar-refractivity contribution in [2.75, 3.05) is 13.2 Å². The maximum absolute atomic E-state index is 12.0. The van der Waals surface area contributed by atoms with Crippen molar-refractivity contribution in [3.05, 3.63) is 0 Å². The van der Waals surface area contributed by atoms with Crippen LogP contribution in [-0.4, -0.2) is 37.1 Å². The lowest BCUT2D eigenvalue weighted by atomic mass is 10.0. The van der Waals surface area contributed by atoms with E-state index < -0.39 is 36.2 Å². The van der Waals surface area contributed by atoms with Gasteiger partial charge in [0, 0.05) is 0 Å². The van der Waals surface area contributed by atoms with Crippen molar-refractivity contribution in [1.82, 2.24) is 0 Å². The molecule has 0 spiro atoms. The van der Waals surface area contributed by atoms with Crippen LogP contribution in [0.4, 0.5) is 13.2 Å². The van der Waals surface area contributed by atoms with Crippen LogP contribution in [0.25, 0.3) is 0 Å². The Morgan fingerprint density at radius 1 is 1.00 bits per heavy atom. The molecule has 0 rings (SSSR count). The number of carbonyl (C=O) groups is 3. The Hall–Kier alpha value is -1.60. The molecule has 0 N–H and O–H groups in total. The number of hydrogen-bond acceptors (Lipinski definition) is 5. The van der Waals surface area contributed by atoms with E-state index in [9.17, 15) is 27.6 Å². The topological polar surface area (TPSA) is 69.7 Å². The Labute approximate surface area is 101 Å². The number of esters is 2. The minimum Gasteiger partial charge on any atom is -0.465 e. The number of ether oxygens (including phenoxy) is 2. The summed E-state index contributed by atoms with van der Waals surface area (Å²) < 4.78 is 44.9. The van der Waals surface area contributed by atoms with E-state index in [0.29, 0.717) is 0 Å². The molecule has 0 heterocycles. The zero-order valence-corrected chi connectivity index (χ0v) is 9.87. The Bertz CT molecular complexity index is 306. The van der Waals surface area contributed by atoms with E-state index in [1.54, 1.807) is 0 Å². The van der Waals surface area contributed by atoms with Gasteiger partial charge in [-0.3, -0.25) is 14.4 Å². The largest absolute Gasteiger partial charge is 0.465 e. The zero-order valence-electron chi connectivity index (χ0n) is 9.87. The molecule has 0 aromatic rings. The summed E-state index contributed by atoms with van der Waals surface area (Å²) in [6.07, 6.45) is -6.68. The van der Waals surface area contributed by atoms with E-state index in [0.717, 1.165) is 0 Å². The van der Waals surface area contributed by atoms with Crippen LogP contribution in [0.3, 0.4) is 0 Å². The highest BCUT2D eigenvalue weighted by molar-refractivity contribution is 6.15. The molecule has 0 radical (unpaired) electrons. The van der Waals surface area contributed by atoms with Crippen LogP contribution in [0.1, 0.15) is 20.3 Å². The van der Waals surface area contributed by atoms with Crippen LogP contribution in [0, 0.1) is 5.92 Å². The third-order valence-electron chi connectivity index (χ3n) is 1.74. The summed E-state index contributed by atoms with van der Waals surface area (Å²) in [5, 5.41) is 0. The first-order valence-electron chi connectivity index (χ1n) is 5.15. The maximum Gasteiger partial charge on any atom is 0.395 e. The SMILES string of the molecule is CCOC(=O)C(C(=O)CC(F)(F)F)C(=O)OCC. The lowest BCUT2D eigenvalue weighted by Crippen LogP contribution is -2.37. The Morgan fingerprint density at radius 2 is 1.39 bits per heavy atom. The van der Waals surface area contributed by atoms with E-state index >= 15 is 0 Å². The number of ketones is 1. The Kier molecular flexibility index (Phi) is 6.35. The summed E-state index contributed by atoms with van der Waals surface area (Å²) in [5.74, 6) is -6.42. The second-order valence-electron chi connectivity index (χ2n) is 3.20. The minimum absolute atomic E-state index is 0.159. The fourth-order valence-corrected chi connectivity index (χ4v) is 1.11. The van der Waals surface area contributed by atoms with Crippen LogP contribution in [0.15, 0.2) is 0 Å². The fraction of sp³-hybridized carbons (Fsp3) is 0.700. The molecule has 8 heteroatoms. The van der Waals surface area contributed by atoms with Gasteiger partial charge in [0.15, 0.2) is 5.78 Å². The lowest BCUT2D eigenvalue weighted by molar-refractivity contribution is -0.170.